The highest BCUT2D eigenvalue weighted by atomic mass is 32.2. The van der Waals surface area contributed by atoms with E-state index >= 15 is 0 Å². The van der Waals surface area contributed by atoms with Crippen LogP contribution < -0.4 is 0 Å². The first kappa shape index (κ1) is 27.4. The molecule has 1 aliphatic heterocycles. The minimum atomic E-state index is -3.17. The van der Waals surface area contributed by atoms with Crippen molar-refractivity contribution in [2.45, 2.75) is 25.8 Å². The van der Waals surface area contributed by atoms with E-state index in [0.29, 0.717) is 28.2 Å². The zero-order valence-electron chi connectivity index (χ0n) is 23.6. The van der Waals surface area contributed by atoms with Gasteiger partial charge < -0.3 is 4.98 Å². The Hall–Kier alpha value is -4.48. The number of para-hydroxylation sites is 1. The van der Waals surface area contributed by atoms with Gasteiger partial charge >= 0.3 is 0 Å². The molecule has 218 valence electrons. The predicted molar refractivity (Wildman–Crippen MR) is 166 cm³/mol. The molecule has 2 aromatic carbocycles. The molecule has 0 amide bonds. The van der Waals surface area contributed by atoms with E-state index in [0.717, 1.165) is 58.4 Å². The van der Waals surface area contributed by atoms with Crippen molar-refractivity contribution >= 4 is 31.8 Å². The van der Waals surface area contributed by atoms with E-state index in [1.807, 2.05) is 42.7 Å². The fourth-order valence-electron chi connectivity index (χ4n) is 5.80. The Kier molecular flexibility index (Phi) is 6.98. The van der Waals surface area contributed by atoms with Gasteiger partial charge in [0.05, 0.1) is 34.2 Å². The van der Waals surface area contributed by atoms with E-state index in [1.54, 1.807) is 6.20 Å². The first-order chi connectivity index (χ1) is 20.8. The molecule has 9 nitrogen and oxygen atoms in total. The second-order valence-electron chi connectivity index (χ2n) is 11.3. The lowest BCUT2D eigenvalue weighted by atomic mass is 10.0. The van der Waals surface area contributed by atoms with Crippen LogP contribution in [0, 0.1) is 5.82 Å². The predicted octanol–water partition coefficient (Wildman–Crippen LogP) is 5.55. The summed E-state index contributed by atoms with van der Waals surface area (Å²) >= 11 is 0. The molecule has 0 aliphatic carbocycles. The molecule has 1 aliphatic rings. The number of aryl methyl sites for hydroxylation is 1. The van der Waals surface area contributed by atoms with Crippen LogP contribution in [0.5, 0.6) is 0 Å². The molecular weight excluding hydrogens is 565 g/mol. The molecule has 0 radical (unpaired) electrons. The number of hydrogen-bond donors (Lipinski definition) is 2. The first-order valence-electron chi connectivity index (χ1n) is 14.3. The highest BCUT2D eigenvalue weighted by Gasteiger charge is 2.18. The number of benzene rings is 2. The second-order valence-corrected chi connectivity index (χ2v) is 13.5. The number of rotatable bonds is 8. The molecule has 0 saturated carbocycles. The summed E-state index contributed by atoms with van der Waals surface area (Å²) in [4.78, 5) is 19.9. The molecular formula is C32H30FN7O2S. The fourth-order valence-corrected chi connectivity index (χ4v) is 6.41. The topological polar surface area (TPSA) is 121 Å². The zero-order chi connectivity index (χ0) is 29.6. The zero-order valence-corrected chi connectivity index (χ0v) is 24.5. The van der Waals surface area contributed by atoms with Crippen molar-refractivity contribution in [1.82, 2.24) is 35.0 Å². The molecule has 11 heteroatoms. The van der Waals surface area contributed by atoms with Crippen LogP contribution in [-0.4, -0.2) is 68.5 Å². The summed E-state index contributed by atoms with van der Waals surface area (Å²) < 4.78 is 38.0. The minimum absolute atomic E-state index is 0.0471. The molecule has 0 bridgehead atoms. The van der Waals surface area contributed by atoms with Gasteiger partial charge in [0.15, 0.2) is 5.82 Å². The summed E-state index contributed by atoms with van der Waals surface area (Å²) in [6, 6.07) is 14.5. The average Bonchev–Trinajstić information content (AvgIpc) is 3.75. The van der Waals surface area contributed by atoms with E-state index in [-0.39, 0.29) is 12.2 Å². The molecule has 2 N–H and O–H groups in total. The van der Waals surface area contributed by atoms with Gasteiger partial charge in [-0.3, -0.25) is 20.0 Å². The molecule has 7 rings (SSSR count). The molecule has 1 saturated heterocycles. The average molecular weight is 596 g/mol. The molecule has 4 aromatic heterocycles. The number of pyridine rings is 2. The monoisotopic (exact) mass is 595 g/mol. The number of aromatic nitrogens is 6. The van der Waals surface area contributed by atoms with Gasteiger partial charge in [-0.2, -0.15) is 5.10 Å². The number of fused-ring (bicyclic) bond motifs is 2. The van der Waals surface area contributed by atoms with Gasteiger partial charge in [0, 0.05) is 41.7 Å². The third-order valence-corrected chi connectivity index (χ3v) is 8.86. The Balaban J connectivity index is 1.24. The molecule has 1 fully saturated rings. The lowest BCUT2D eigenvalue weighted by Crippen LogP contribution is -2.18. The maximum atomic E-state index is 14.6. The van der Waals surface area contributed by atoms with Crippen LogP contribution in [0.15, 0.2) is 67.1 Å². The number of H-pyrrole nitrogens is 2. The number of aromatic amines is 2. The van der Waals surface area contributed by atoms with Crippen molar-refractivity contribution in [3.05, 3.63) is 84.1 Å². The number of halogens is 1. The van der Waals surface area contributed by atoms with Gasteiger partial charge in [-0.15, -0.1) is 0 Å². The lowest BCUT2D eigenvalue weighted by molar-refractivity contribution is 0.331. The number of imidazole rings is 1. The highest BCUT2D eigenvalue weighted by Crippen LogP contribution is 2.33. The smallest absolute Gasteiger partial charge is 0.159 e. The van der Waals surface area contributed by atoms with Crippen molar-refractivity contribution in [3.63, 3.8) is 0 Å². The summed E-state index contributed by atoms with van der Waals surface area (Å²) in [7, 11) is -3.17. The Bertz CT molecular complexity index is 2080. The van der Waals surface area contributed by atoms with Crippen LogP contribution in [0.2, 0.25) is 0 Å². The normalized spacial score (nSPS) is 14.3. The Labute approximate surface area is 248 Å². The standard InChI is InChI=1S/C32H30FN7O2S/c1-43(41,42)10-7-20-11-22(14-24(33)13-20)25-5-4-6-27-30(25)37-32(36-27)31-26-15-28(35-18-29(26)38-39-31)23-12-21(16-34-17-23)19-40-8-2-3-9-40/h4-6,11-18H,2-3,7-10,19H2,1H3,(H,36,37)(H,38,39). The third-order valence-electron chi connectivity index (χ3n) is 7.91. The van der Waals surface area contributed by atoms with E-state index in [2.05, 4.69) is 36.1 Å². The van der Waals surface area contributed by atoms with Gasteiger partial charge in [0.25, 0.3) is 0 Å². The van der Waals surface area contributed by atoms with Crippen LogP contribution in [0.4, 0.5) is 4.39 Å². The summed E-state index contributed by atoms with van der Waals surface area (Å²) in [6.07, 6.45) is 9.42. The van der Waals surface area contributed by atoms with E-state index in [9.17, 15) is 12.8 Å². The molecule has 0 spiro atoms. The number of nitrogens with zero attached hydrogens (tertiary/aromatic N) is 5. The van der Waals surface area contributed by atoms with Gasteiger partial charge in [0.2, 0.25) is 0 Å². The fraction of sp³-hybridized carbons (Fsp3) is 0.250. The molecule has 43 heavy (non-hydrogen) atoms. The van der Waals surface area contributed by atoms with Crippen LogP contribution in [0.1, 0.15) is 24.0 Å². The summed E-state index contributed by atoms with van der Waals surface area (Å²) in [6.45, 7) is 3.12. The van der Waals surface area contributed by atoms with Gasteiger partial charge in [-0.25, -0.2) is 17.8 Å². The van der Waals surface area contributed by atoms with E-state index in [1.165, 1.54) is 31.2 Å². The van der Waals surface area contributed by atoms with Crippen molar-refractivity contribution in [3.8, 4) is 33.9 Å². The van der Waals surface area contributed by atoms with Crippen molar-refractivity contribution in [2.24, 2.45) is 0 Å². The Morgan fingerprint density at radius 1 is 0.953 bits per heavy atom. The summed E-state index contributed by atoms with van der Waals surface area (Å²) in [5, 5.41) is 8.49. The first-order valence-corrected chi connectivity index (χ1v) is 16.3. The van der Waals surface area contributed by atoms with Crippen molar-refractivity contribution in [1.29, 1.82) is 0 Å². The Morgan fingerprint density at radius 2 is 1.79 bits per heavy atom. The second kappa shape index (κ2) is 11.0. The van der Waals surface area contributed by atoms with E-state index < -0.39 is 15.7 Å². The minimum Gasteiger partial charge on any atom is -0.337 e. The highest BCUT2D eigenvalue weighted by molar-refractivity contribution is 7.90. The molecule has 0 atom stereocenters. The SMILES string of the molecule is CS(=O)(=O)CCc1cc(F)cc(-c2cccc3[nH]c(-c4n[nH]c5cnc(-c6cncc(CN7CCCC7)c6)cc45)nc23)c1. The third kappa shape index (κ3) is 5.78. The lowest BCUT2D eigenvalue weighted by Gasteiger charge is -2.14. The van der Waals surface area contributed by atoms with Gasteiger partial charge in [-0.05, 0) is 79.4 Å². The van der Waals surface area contributed by atoms with Crippen LogP contribution in [0.3, 0.4) is 0 Å². The number of likely N-dealkylation sites (tertiary alicyclic amines) is 1. The Morgan fingerprint density at radius 3 is 2.63 bits per heavy atom. The molecule has 5 heterocycles. The number of sulfone groups is 1. The van der Waals surface area contributed by atoms with Gasteiger partial charge in [0.1, 0.15) is 21.3 Å². The molecule has 0 unspecified atom stereocenters. The summed E-state index contributed by atoms with van der Waals surface area (Å²) in [5.74, 6) is 0.0978. The summed E-state index contributed by atoms with van der Waals surface area (Å²) in [5.41, 5.74) is 7.76. The van der Waals surface area contributed by atoms with Gasteiger partial charge in [-0.1, -0.05) is 18.2 Å². The van der Waals surface area contributed by atoms with Crippen LogP contribution >= 0.6 is 0 Å². The quantitative estimate of drug-likeness (QED) is 0.237. The maximum absolute atomic E-state index is 14.6. The van der Waals surface area contributed by atoms with Crippen molar-refractivity contribution in [2.75, 3.05) is 25.1 Å². The van der Waals surface area contributed by atoms with Crippen LogP contribution in [0.25, 0.3) is 55.8 Å². The van der Waals surface area contributed by atoms with E-state index in [4.69, 9.17) is 4.98 Å². The van der Waals surface area contributed by atoms with Crippen LogP contribution in [-0.2, 0) is 22.8 Å². The maximum Gasteiger partial charge on any atom is 0.159 e. The largest absolute Gasteiger partial charge is 0.337 e. The molecule has 6 aromatic rings. The number of hydrogen-bond acceptors (Lipinski definition) is 7. The van der Waals surface area contributed by atoms with Crippen molar-refractivity contribution < 1.29 is 12.8 Å². The number of nitrogens with one attached hydrogen (secondary N) is 2.